The van der Waals surface area contributed by atoms with E-state index in [1.54, 1.807) is 0 Å². The summed E-state index contributed by atoms with van der Waals surface area (Å²) >= 11 is 4.99. The van der Waals surface area contributed by atoms with Crippen molar-refractivity contribution >= 4 is 26.6 Å². The van der Waals surface area contributed by atoms with Crippen molar-refractivity contribution in [2.75, 3.05) is 7.05 Å². The Bertz CT molecular complexity index is 300. The normalized spacial score (nSPS) is 9.29. The average molecular weight is 272 g/mol. The Hall–Kier alpha value is -0.500. The van der Waals surface area contributed by atoms with Crippen molar-refractivity contribution in [3.8, 4) is 0 Å². The minimum absolute atomic E-state index is 0.198. The fourth-order valence-corrected chi connectivity index (χ4v) is 1.11. The highest BCUT2D eigenvalue weighted by molar-refractivity contribution is 7.80. The lowest BCUT2D eigenvalue weighted by Crippen LogP contribution is -2.33. The molecule has 0 aliphatic heterocycles. The molecule has 1 aromatic carbocycles. The molecule has 0 spiro atoms. The second-order valence-corrected chi connectivity index (χ2v) is 4.66. The van der Waals surface area contributed by atoms with Gasteiger partial charge in [0.1, 0.15) is 0 Å². The third-order valence-corrected chi connectivity index (χ3v) is 2.62. The molecule has 3 N–H and O–H groups in total. The molecule has 0 radical (unpaired) electrons. The second-order valence-electron chi connectivity index (χ2n) is 3.64. The minimum atomic E-state index is -0.198. The van der Waals surface area contributed by atoms with Crippen LogP contribution in [0, 0.1) is 0 Å². The number of hydrogen-bond donors (Lipinski definition) is 2. The molecule has 0 aliphatic carbocycles. The molecule has 0 heterocycles. The van der Waals surface area contributed by atoms with Crippen molar-refractivity contribution < 1.29 is 0 Å². The third-order valence-electron chi connectivity index (χ3n) is 2.11. The predicted octanol–water partition coefficient (Wildman–Crippen LogP) is 3.27. The molecule has 0 aromatic heterocycles. The van der Waals surface area contributed by atoms with Gasteiger partial charge >= 0.3 is 0 Å². The van der Waals surface area contributed by atoms with Gasteiger partial charge in [0.2, 0.25) is 0 Å². The topological polar surface area (TPSA) is 38.0 Å². The van der Waals surface area contributed by atoms with Crippen LogP contribution in [-0.4, -0.2) is 12.0 Å². The van der Waals surface area contributed by atoms with Gasteiger partial charge < -0.3 is 10.8 Å². The van der Waals surface area contributed by atoms with Crippen LogP contribution in [0.5, 0.6) is 0 Å². The summed E-state index contributed by atoms with van der Waals surface area (Å²) < 4.78 is 0. The van der Waals surface area contributed by atoms with Crippen molar-refractivity contribution in [3.05, 3.63) is 35.9 Å². The van der Waals surface area contributed by atoms with Crippen LogP contribution in [0.2, 0.25) is 0 Å². The zero-order valence-corrected chi connectivity index (χ0v) is 13.4. The van der Waals surface area contributed by atoms with Crippen LogP contribution in [0.15, 0.2) is 30.3 Å². The summed E-state index contributed by atoms with van der Waals surface area (Å²) in [6.45, 7) is 8.06. The molecule has 4 heteroatoms. The van der Waals surface area contributed by atoms with Gasteiger partial charge in [-0.2, -0.15) is 0 Å². The lowest BCUT2D eigenvalue weighted by atomic mass is 9.85. The molecule has 1 rings (SSSR count). The fraction of sp³-hybridized carbons (Fsp3) is 0.462. The third kappa shape index (κ3) is 7.43. The number of nitrogens with one attached hydrogen (secondary N) is 1. The summed E-state index contributed by atoms with van der Waals surface area (Å²) in [4.78, 5) is 0.536. The highest BCUT2D eigenvalue weighted by Gasteiger charge is 2.22. The number of thiocarbonyl (C=S) groups is 1. The Morgan fingerprint density at radius 3 is 1.88 bits per heavy atom. The van der Waals surface area contributed by atoms with E-state index in [-0.39, 0.29) is 5.41 Å². The van der Waals surface area contributed by atoms with Crippen molar-refractivity contribution in [2.45, 2.75) is 33.1 Å². The summed E-state index contributed by atoms with van der Waals surface area (Å²) in [6, 6.07) is 10.1. The molecule has 1 unspecified atom stereocenters. The number of benzene rings is 1. The van der Waals surface area contributed by atoms with E-state index in [2.05, 4.69) is 14.5 Å². The van der Waals surface area contributed by atoms with Crippen LogP contribution in [-0.2, 0) is 5.41 Å². The molecule has 1 aromatic rings. The van der Waals surface area contributed by atoms with E-state index in [1.165, 1.54) is 0 Å². The van der Waals surface area contributed by atoms with Crippen molar-refractivity contribution in [2.24, 2.45) is 5.73 Å². The van der Waals surface area contributed by atoms with Gasteiger partial charge in [-0.15, -0.1) is 0 Å². The van der Waals surface area contributed by atoms with Gasteiger partial charge in [0.25, 0.3) is 0 Å². The van der Waals surface area contributed by atoms with E-state index in [1.807, 2.05) is 65.1 Å². The summed E-state index contributed by atoms with van der Waals surface area (Å²) in [5.74, 6) is 0. The molecule has 1 atom stereocenters. The second kappa shape index (κ2) is 10.6. The lowest BCUT2D eigenvalue weighted by Gasteiger charge is -2.23. The van der Waals surface area contributed by atoms with Gasteiger partial charge in [-0.25, -0.2) is 0 Å². The fourth-order valence-electron chi connectivity index (χ4n) is 0.997. The summed E-state index contributed by atoms with van der Waals surface area (Å²) in [6.07, 6.45) is 0. The maximum absolute atomic E-state index is 5.63. The van der Waals surface area contributed by atoms with Crippen LogP contribution >= 0.6 is 21.6 Å². The van der Waals surface area contributed by atoms with Crippen molar-refractivity contribution in [1.29, 1.82) is 0 Å². The van der Waals surface area contributed by atoms with Crippen molar-refractivity contribution in [1.82, 2.24) is 5.09 Å². The first kappa shape index (κ1) is 18.9. The lowest BCUT2D eigenvalue weighted by molar-refractivity contribution is 0.722. The minimum Gasteiger partial charge on any atom is -0.393 e. The zero-order chi connectivity index (χ0) is 13.9. The molecular formula is C13H25N2PS. The standard InChI is InChI=1S/C10H13NS.C2H6.CH6NP/c1-10(2,9(11)12)8-6-4-3-5-7-8;1-2;1-2-3/h3-7H,1-2H3,(H2,11,12);1-2H3;2H,3H2,1H3. The van der Waals surface area contributed by atoms with E-state index in [0.717, 1.165) is 5.56 Å². The molecule has 17 heavy (non-hydrogen) atoms. The molecule has 98 valence electrons. The first-order valence-corrected chi connectivity index (χ1v) is 6.68. The Kier molecular flexibility index (Phi) is 11.8. The van der Waals surface area contributed by atoms with Gasteiger partial charge in [0.05, 0.1) is 4.99 Å². The Morgan fingerprint density at radius 2 is 1.59 bits per heavy atom. The molecule has 0 saturated heterocycles. The van der Waals surface area contributed by atoms with E-state index in [9.17, 15) is 0 Å². The van der Waals surface area contributed by atoms with Crippen molar-refractivity contribution in [3.63, 3.8) is 0 Å². The molecular weight excluding hydrogens is 247 g/mol. The SMILES string of the molecule is CC.CC(C)(C(N)=S)c1ccccc1.CNP. The first-order valence-electron chi connectivity index (χ1n) is 5.69. The monoisotopic (exact) mass is 272 g/mol. The van der Waals surface area contributed by atoms with Crippen LogP contribution in [0.4, 0.5) is 0 Å². The van der Waals surface area contributed by atoms with E-state index in [4.69, 9.17) is 18.0 Å². The number of rotatable bonds is 2. The van der Waals surface area contributed by atoms with Gasteiger partial charge in [0, 0.05) is 5.41 Å². The smallest absolute Gasteiger partial charge is 0.0828 e. The highest BCUT2D eigenvalue weighted by atomic mass is 32.1. The van der Waals surface area contributed by atoms with Gasteiger partial charge in [-0.1, -0.05) is 65.8 Å². The van der Waals surface area contributed by atoms with Crippen LogP contribution in [0.25, 0.3) is 0 Å². The van der Waals surface area contributed by atoms with Gasteiger partial charge in [-0.05, 0) is 26.5 Å². The first-order chi connectivity index (χ1) is 7.96. The Labute approximate surface area is 114 Å². The largest absolute Gasteiger partial charge is 0.393 e. The van der Waals surface area contributed by atoms with Crippen LogP contribution in [0.3, 0.4) is 0 Å². The summed E-state index contributed by atoms with van der Waals surface area (Å²) in [5.41, 5.74) is 6.60. The number of hydrogen-bond acceptors (Lipinski definition) is 2. The van der Waals surface area contributed by atoms with E-state index < -0.39 is 0 Å². The Balaban J connectivity index is 0. The van der Waals surface area contributed by atoms with Gasteiger partial charge in [0.15, 0.2) is 0 Å². The summed E-state index contributed by atoms with van der Waals surface area (Å²) in [7, 11) is 4.17. The summed E-state index contributed by atoms with van der Waals surface area (Å²) in [5, 5.41) is 2.67. The van der Waals surface area contributed by atoms with E-state index in [0.29, 0.717) is 4.99 Å². The number of nitrogens with two attached hydrogens (primary N) is 1. The zero-order valence-electron chi connectivity index (χ0n) is 11.4. The average Bonchev–Trinajstić information content (AvgIpc) is 2.33. The quantitative estimate of drug-likeness (QED) is 0.641. The van der Waals surface area contributed by atoms with Crippen LogP contribution in [0.1, 0.15) is 33.3 Å². The molecule has 0 bridgehead atoms. The molecule has 2 nitrogen and oxygen atoms in total. The molecule has 0 fully saturated rings. The highest BCUT2D eigenvalue weighted by Crippen LogP contribution is 2.22. The molecule has 0 aliphatic rings. The Morgan fingerprint density at radius 1 is 1.24 bits per heavy atom. The maximum Gasteiger partial charge on any atom is 0.0828 e. The predicted molar refractivity (Wildman–Crippen MR) is 86.4 cm³/mol. The molecule has 0 saturated carbocycles. The van der Waals surface area contributed by atoms with Gasteiger partial charge in [-0.3, -0.25) is 0 Å². The van der Waals surface area contributed by atoms with E-state index >= 15 is 0 Å². The maximum atomic E-state index is 5.63. The van der Waals surface area contributed by atoms with Crippen LogP contribution < -0.4 is 10.8 Å². The molecule has 0 amide bonds.